The van der Waals surface area contributed by atoms with E-state index in [4.69, 9.17) is 9.47 Å². The fourth-order valence-electron chi connectivity index (χ4n) is 2.34. The van der Waals surface area contributed by atoms with E-state index in [0.717, 1.165) is 12.8 Å². The van der Waals surface area contributed by atoms with Crippen molar-refractivity contribution in [1.82, 2.24) is 0 Å². The van der Waals surface area contributed by atoms with E-state index < -0.39 is 11.9 Å². The molecule has 1 N–H and O–H groups in total. The second kappa shape index (κ2) is 6.64. The minimum Gasteiger partial charge on any atom is -0.393 e. The van der Waals surface area contributed by atoms with Gasteiger partial charge in [0.15, 0.2) is 5.79 Å². The van der Waals surface area contributed by atoms with Gasteiger partial charge < -0.3 is 14.6 Å². The number of Topliss-reactive ketones (excluding diaryl/α,β-unsaturated/α-hetero) is 1. The summed E-state index contributed by atoms with van der Waals surface area (Å²) >= 11 is 0. The number of carbonyl (C=O) groups excluding carboxylic acids is 1. The maximum atomic E-state index is 11.8. The largest absolute Gasteiger partial charge is 0.393 e. The Morgan fingerprint density at radius 1 is 1.33 bits per heavy atom. The van der Waals surface area contributed by atoms with Crippen molar-refractivity contribution in [2.24, 2.45) is 0 Å². The summed E-state index contributed by atoms with van der Waals surface area (Å²) in [6.45, 7) is 7.71. The van der Waals surface area contributed by atoms with Crippen molar-refractivity contribution >= 4 is 5.78 Å². The van der Waals surface area contributed by atoms with E-state index in [9.17, 15) is 9.90 Å². The lowest BCUT2D eigenvalue weighted by molar-refractivity contribution is -0.299. The first-order valence-corrected chi connectivity index (χ1v) is 6.91. The molecule has 1 heterocycles. The predicted molar refractivity (Wildman–Crippen MR) is 69.3 cm³/mol. The van der Waals surface area contributed by atoms with Crippen molar-refractivity contribution in [2.75, 3.05) is 0 Å². The molecule has 0 aromatic carbocycles. The molecule has 3 atom stereocenters. The molecule has 1 saturated heterocycles. The van der Waals surface area contributed by atoms with Crippen LogP contribution in [0.2, 0.25) is 0 Å². The van der Waals surface area contributed by atoms with Crippen LogP contribution in [0.25, 0.3) is 0 Å². The predicted octanol–water partition coefficient (Wildman–Crippen LogP) is 2.43. The van der Waals surface area contributed by atoms with Gasteiger partial charge in [0, 0.05) is 19.3 Å². The maximum absolute atomic E-state index is 11.8. The summed E-state index contributed by atoms with van der Waals surface area (Å²) in [5, 5.41) is 9.47. The zero-order chi connectivity index (χ0) is 13.8. The van der Waals surface area contributed by atoms with E-state index in [1.54, 1.807) is 0 Å². The summed E-state index contributed by atoms with van der Waals surface area (Å²) in [6, 6.07) is 0. The molecule has 1 aliphatic heterocycles. The summed E-state index contributed by atoms with van der Waals surface area (Å²) in [4.78, 5) is 11.8. The van der Waals surface area contributed by atoms with E-state index in [2.05, 4.69) is 6.92 Å². The second-order valence-electron chi connectivity index (χ2n) is 5.53. The van der Waals surface area contributed by atoms with E-state index >= 15 is 0 Å². The Balaban J connectivity index is 2.48. The Morgan fingerprint density at radius 2 is 1.94 bits per heavy atom. The SMILES string of the molecule is CC[C@H](O)CC(=O)C[C@@H]1C[C@@H](CC)OC(C)(C)O1. The van der Waals surface area contributed by atoms with Gasteiger partial charge in [0.25, 0.3) is 0 Å². The molecule has 18 heavy (non-hydrogen) atoms. The molecule has 0 unspecified atom stereocenters. The van der Waals surface area contributed by atoms with Gasteiger partial charge in [0.2, 0.25) is 0 Å². The minimum atomic E-state index is -0.618. The summed E-state index contributed by atoms with van der Waals surface area (Å²) in [5.74, 6) is -0.547. The first kappa shape index (κ1) is 15.6. The normalized spacial score (nSPS) is 28.9. The lowest BCUT2D eigenvalue weighted by Crippen LogP contribution is -2.45. The topological polar surface area (TPSA) is 55.8 Å². The molecule has 1 aliphatic rings. The van der Waals surface area contributed by atoms with Gasteiger partial charge in [0.05, 0.1) is 18.3 Å². The van der Waals surface area contributed by atoms with Crippen LogP contribution in [0.1, 0.15) is 59.8 Å². The lowest BCUT2D eigenvalue weighted by Gasteiger charge is -2.40. The second-order valence-corrected chi connectivity index (χ2v) is 5.53. The van der Waals surface area contributed by atoms with Gasteiger partial charge in [-0.1, -0.05) is 13.8 Å². The molecule has 0 aliphatic carbocycles. The van der Waals surface area contributed by atoms with Crippen LogP contribution < -0.4 is 0 Å². The average Bonchev–Trinajstić information content (AvgIpc) is 2.26. The standard InChI is InChI=1S/C14H26O4/c1-5-10(15)7-11(16)8-13-9-12(6-2)17-14(3,4)18-13/h10,12-13,15H,5-9H2,1-4H3/t10-,12+,13+/m0/s1. The highest BCUT2D eigenvalue weighted by atomic mass is 16.7. The molecule has 0 aromatic rings. The van der Waals surface area contributed by atoms with E-state index in [1.165, 1.54) is 0 Å². The maximum Gasteiger partial charge on any atom is 0.163 e. The lowest BCUT2D eigenvalue weighted by atomic mass is 9.99. The highest BCUT2D eigenvalue weighted by Gasteiger charge is 2.35. The van der Waals surface area contributed by atoms with Crippen molar-refractivity contribution in [3.63, 3.8) is 0 Å². The van der Waals surface area contributed by atoms with Crippen LogP contribution >= 0.6 is 0 Å². The fourth-order valence-corrected chi connectivity index (χ4v) is 2.34. The Bertz CT molecular complexity index is 275. The van der Waals surface area contributed by atoms with Crippen LogP contribution in [0.15, 0.2) is 0 Å². The van der Waals surface area contributed by atoms with Crippen LogP contribution in [-0.4, -0.2) is 35.0 Å². The number of aliphatic hydroxyl groups is 1. The van der Waals surface area contributed by atoms with Crippen molar-refractivity contribution in [3.8, 4) is 0 Å². The molecule has 106 valence electrons. The van der Waals surface area contributed by atoms with Crippen LogP contribution in [-0.2, 0) is 14.3 Å². The number of ether oxygens (including phenoxy) is 2. The average molecular weight is 258 g/mol. The number of rotatable bonds is 6. The van der Waals surface area contributed by atoms with Gasteiger partial charge in [0.1, 0.15) is 5.78 Å². The monoisotopic (exact) mass is 258 g/mol. The van der Waals surface area contributed by atoms with Gasteiger partial charge in [-0.2, -0.15) is 0 Å². The van der Waals surface area contributed by atoms with Crippen molar-refractivity contribution < 1.29 is 19.4 Å². The Hall–Kier alpha value is -0.450. The minimum absolute atomic E-state index is 0.0712. The zero-order valence-electron chi connectivity index (χ0n) is 11.9. The van der Waals surface area contributed by atoms with Crippen LogP contribution in [0, 0.1) is 0 Å². The number of carbonyl (C=O) groups is 1. The first-order chi connectivity index (χ1) is 8.36. The van der Waals surface area contributed by atoms with Crippen molar-refractivity contribution in [1.29, 1.82) is 0 Å². The molecule has 4 heteroatoms. The third-order valence-electron chi connectivity index (χ3n) is 3.27. The summed E-state index contributed by atoms with van der Waals surface area (Å²) in [6.07, 6.45) is 2.45. The number of ketones is 1. The number of hydrogen-bond acceptors (Lipinski definition) is 4. The molecule has 0 spiro atoms. The molecular weight excluding hydrogens is 232 g/mol. The Kier molecular flexibility index (Phi) is 5.76. The number of hydrogen-bond donors (Lipinski definition) is 1. The zero-order valence-corrected chi connectivity index (χ0v) is 11.9. The quantitative estimate of drug-likeness (QED) is 0.795. The third-order valence-corrected chi connectivity index (χ3v) is 3.27. The van der Waals surface area contributed by atoms with Crippen LogP contribution in [0.4, 0.5) is 0 Å². The highest BCUT2D eigenvalue weighted by molar-refractivity contribution is 5.79. The van der Waals surface area contributed by atoms with Gasteiger partial charge in [-0.15, -0.1) is 0 Å². The molecule has 0 saturated carbocycles. The van der Waals surface area contributed by atoms with Crippen molar-refractivity contribution in [2.45, 2.75) is 83.9 Å². The molecule has 0 bridgehead atoms. The Morgan fingerprint density at radius 3 is 2.50 bits per heavy atom. The highest BCUT2D eigenvalue weighted by Crippen LogP contribution is 2.29. The van der Waals surface area contributed by atoms with E-state index in [-0.39, 0.29) is 24.4 Å². The molecule has 0 radical (unpaired) electrons. The molecule has 0 aromatic heterocycles. The molecular formula is C14H26O4. The molecule has 1 fully saturated rings. The molecule has 4 nitrogen and oxygen atoms in total. The van der Waals surface area contributed by atoms with Gasteiger partial charge in [-0.05, 0) is 26.7 Å². The molecule has 0 amide bonds. The van der Waals surface area contributed by atoms with Crippen molar-refractivity contribution in [3.05, 3.63) is 0 Å². The van der Waals surface area contributed by atoms with Crippen LogP contribution in [0.5, 0.6) is 0 Å². The van der Waals surface area contributed by atoms with Gasteiger partial charge in [-0.3, -0.25) is 4.79 Å². The Labute approximate surface area is 110 Å². The van der Waals surface area contributed by atoms with Gasteiger partial charge in [-0.25, -0.2) is 0 Å². The third kappa shape index (κ3) is 5.04. The van der Waals surface area contributed by atoms with E-state index in [0.29, 0.717) is 12.8 Å². The summed E-state index contributed by atoms with van der Waals surface area (Å²) in [5.41, 5.74) is 0. The van der Waals surface area contributed by atoms with E-state index in [1.807, 2.05) is 20.8 Å². The number of aliphatic hydroxyl groups excluding tert-OH is 1. The smallest absolute Gasteiger partial charge is 0.163 e. The fraction of sp³-hybridized carbons (Fsp3) is 0.929. The first-order valence-electron chi connectivity index (χ1n) is 6.91. The van der Waals surface area contributed by atoms with Gasteiger partial charge >= 0.3 is 0 Å². The molecule has 1 rings (SSSR count). The summed E-state index contributed by atoms with van der Waals surface area (Å²) < 4.78 is 11.5. The summed E-state index contributed by atoms with van der Waals surface area (Å²) in [7, 11) is 0. The van der Waals surface area contributed by atoms with Crippen LogP contribution in [0.3, 0.4) is 0 Å².